The molecule has 1 amide bonds. The predicted molar refractivity (Wildman–Crippen MR) is 63.8 cm³/mol. The van der Waals surface area contributed by atoms with Gasteiger partial charge in [-0.1, -0.05) is 19.3 Å². The maximum Gasteiger partial charge on any atom is 0.231 e. The molecular weight excluding hydrogens is 202 g/mol. The number of primary amides is 1. The highest BCUT2D eigenvalue weighted by molar-refractivity contribution is 5.76. The molecule has 0 aromatic rings. The van der Waals surface area contributed by atoms with E-state index >= 15 is 0 Å². The van der Waals surface area contributed by atoms with Gasteiger partial charge in [-0.05, 0) is 25.7 Å². The maximum atomic E-state index is 11.2. The van der Waals surface area contributed by atoms with Crippen molar-refractivity contribution in [2.75, 3.05) is 6.54 Å². The Hall–Kier alpha value is -0.610. The molecule has 0 spiro atoms. The zero-order chi connectivity index (χ0) is 11.5. The molecule has 2 aliphatic rings. The molecule has 4 heteroatoms. The minimum absolute atomic E-state index is 0.217. The van der Waals surface area contributed by atoms with Crippen molar-refractivity contribution in [1.82, 2.24) is 4.90 Å². The molecule has 0 bridgehead atoms. The Labute approximate surface area is 97.3 Å². The molecule has 0 aliphatic heterocycles. The fourth-order valence-corrected chi connectivity index (χ4v) is 3.31. The van der Waals surface area contributed by atoms with Crippen LogP contribution in [0, 0.1) is 0 Å². The summed E-state index contributed by atoms with van der Waals surface area (Å²) in [5.74, 6) is -0.217. The largest absolute Gasteiger partial charge is 0.369 e. The average Bonchev–Trinajstić information content (AvgIpc) is 2.84. The highest BCUT2D eigenvalue weighted by atomic mass is 16.1. The summed E-state index contributed by atoms with van der Waals surface area (Å²) in [6.45, 7) is 0.392. The van der Waals surface area contributed by atoms with E-state index in [4.69, 9.17) is 11.5 Å². The van der Waals surface area contributed by atoms with E-state index in [1.165, 1.54) is 32.1 Å². The van der Waals surface area contributed by atoms with Crippen molar-refractivity contribution < 1.29 is 4.79 Å². The summed E-state index contributed by atoms with van der Waals surface area (Å²) in [4.78, 5) is 13.5. The van der Waals surface area contributed by atoms with Crippen LogP contribution in [-0.4, -0.2) is 35.5 Å². The molecule has 2 aliphatic carbocycles. The van der Waals surface area contributed by atoms with E-state index in [1.807, 2.05) is 0 Å². The molecule has 0 heterocycles. The minimum Gasteiger partial charge on any atom is -0.369 e. The lowest BCUT2D eigenvalue weighted by molar-refractivity contribution is -0.120. The van der Waals surface area contributed by atoms with E-state index in [9.17, 15) is 4.79 Å². The first kappa shape index (κ1) is 11.9. The van der Waals surface area contributed by atoms with Crippen LogP contribution in [0.1, 0.15) is 44.9 Å². The number of amides is 1. The molecule has 16 heavy (non-hydrogen) atoms. The SMILES string of the molecule is NC(=O)CN(C1CCCC1)C1CCCC1N. The van der Waals surface area contributed by atoms with E-state index in [2.05, 4.69) is 4.90 Å². The second-order valence-electron chi connectivity index (χ2n) is 5.24. The van der Waals surface area contributed by atoms with E-state index in [-0.39, 0.29) is 11.9 Å². The Kier molecular flexibility index (Phi) is 3.82. The van der Waals surface area contributed by atoms with Crippen LogP contribution in [0.25, 0.3) is 0 Å². The van der Waals surface area contributed by atoms with Gasteiger partial charge in [-0.25, -0.2) is 0 Å². The fourth-order valence-electron chi connectivity index (χ4n) is 3.31. The number of carbonyl (C=O) groups excluding carboxylic acids is 1. The lowest BCUT2D eigenvalue weighted by Gasteiger charge is -2.35. The Morgan fingerprint density at radius 1 is 1.12 bits per heavy atom. The summed E-state index contributed by atoms with van der Waals surface area (Å²) in [6, 6.07) is 1.16. The summed E-state index contributed by atoms with van der Waals surface area (Å²) < 4.78 is 0. The van der Waals surface area contributed by atoms with Crippen LogP contribution in [0.4, 0.5) is 0 Å². The standard InChI is InChI=1S/C12H23N3O/c13-10-6-3-7-11(10)15(8-12(14)16)9-4-1-2-5-9/h9-11H,1-8,13H2,(H2,14,16). The lowest BCUT2D eigenvalue weighted by atomic mass is 10.1. The normalized spacial score (nSPS) is 31.4. The fraction of sp³-hybridized carbons (Fsp3) is 0.917. The maximum absolute atomic E-state index is 11.2. The van der Waals surface area contributed by atoms with Crippen molar-refractivity contribution in [2.45, 2.75) is 63.1 Å². The second kappa shape index (κ2) is 5.15. The topological polar surface area (TPSA) is 72.4 Å². The Morgan fingerprint density at radius 3 is 2.31 bits per heavy atom. The number of rotatable bonds is 4. The van der Waals surface area contributed by atoms with Crippen LogP contribution in [0.3, 0.4) is 0 Å². The number of carbonyl (C=O) groups is 1. The molecule has 2 unspecified atom stereocenters. The number of hydrogen-bond donors (Lipinski definition) is 2. The third-order valence-corrected chi connectivity index (χ3v) is 4.09. The smallest absolute Gasteiger partial charge is 0.231 e. The van der Waals surface area contributed by atoms with Gasteiger partial charge in [0.2, 0.25) is 5.91 Å². The van der Waals surface area contributed by atoms with Crippen molar-refractivity contribution in [3.63, 3.8) is 0 Å². The van der Waals surface area contributed by atoms with Gasteiger partial charge < -0.3 is 11.5 Å². The number of nitrogens with zero attached hydrogens (tertiary/aromatic N) is 1. The van der Waals surface area contributed by atoms with Crippen molar-refractivity contribution >= 4 is 5.91 Å². The van der Waals surface area contributed by atoms with E-state index < -0.39 is 0 Å². The summed E-state index contributed by atoms with van der Waals surface area (Å²) in [5.41, 5.74) is 11.5. The molecule has 0 aromatic carbocycles. The van der Waals surface area contributed by atoms with E-state index in [1.54, 1.807) is 0 Å². The summed E-state index contributed by atoms with van der Waals surface area (Å²) >= 11 is 0. The van der Waals surface area contributed by atoms with Crippen LogP contribution in [0.15, 0.2) is 0 Å². The third kappa shape index (κ3) is 2.55. The molecular formula is C12H23N3O. The third-order valence-electron chi connectivity index (χ3n) is 4.09. The number of nitrogens with two attached hydrogens (primary N) is 2. The van der Waals surface area contributed by atoms with Gasteiger partial charge in [0.1, 0.15) is 0 Å². The zero-order valence-corrected chi connectivity index (χ0v) is 9.90. The zero-order valence-electron chi connectivity index (χ0n) is 9.90. The molecule has 2 atom stereocenters. The van der Waals surface area contributed by atoms with Gasteiger partial charge in [0.25, 0.3) is 0 Å². The highest BCUT2D eigenvalue weighted by Crippen LogP contribution is 2.30. The summed E-state index contributed by atoms with van der Waals surface area (Å²) in [6.07, 6.45) is 8.38. The molecule has 0 radical (unpaired) electrons. The van der Waals surface area contributed by atoms with Crippen molar-refractivity contribution in [3.8, 4) is 0 Å². The first-order valence-corrected chi connectivity index (χ1v) is 6.48. The first-order chi connectivity index (χ1) is 7.68. The highest BCUT2D eigenvalue weighted by Gasteiger charge is 2.35. The van der Waals surface area contributed by atoms with Gasteiger partial charge in [0.05, 0.1) is 6.54 Å². The van der Waals surface area contributed by atoms with Crippen molar-refractivity contribution in [1.29, 1.82) is 0 Å². The molecule has 0 aromatic heterocycles. The Balaban J connectivity index is 2.03. The molecule has 2 rings (SSSR count). The van der Waals surface area contributed by atoms with Crippen LogP contribution in [-0.2, 0) is 4.79 Å². The van der Waals surface area contributed by atoms with E-state index in [0.717, 1.165) is 12.8 Å². The van der Waals surface area contributed by atoms with Crippen molar-refractivity contribution in [2.24, 2.45) is 11.5 Å². The summed E-state index contributed by atoms with van der Waals surface area (Å²) in [5, 5.41) is 0. The molecule has 92 valence electrons. The minimum atomic E-state index is -0.217. The second-order valence-corrected chi connectivity index (χ2v) is 5.24. The molecule has 0 saturated heterocycles. The van der Waals surface area contributed by atoms with Crippen LogP contribution >= 0.6 is 0 Å². The van der Waals surface area contributed by atoms with Gasteiger partial charge in [0.15, 0.2) is 0 Å². The average molecular weight is 225 g/mol. The number of hydrogen-bond acceptors (Lipinski definition) is 3. The van der Waals surface area contributed by atoms with Crippen LogP contribution in [0.5, 0.6) is 0 Å². The summed E-state index contributed by atoms with van der Waals surface area (Å²) in [7, 11) is 0. The van der Waals surface area contributed by atoms with Crippen LogP contribution < -0.4 is 11.5 Å². The van der Waals surface area contributed by atoms with Gasteiger partial charge in [-0.2, -0.15) is 0 Å². The Bertz CT molecular complexity index is 251. The van der Waals surface area contributed by atoms with Gasteiger partial charge in [-0.3, -0.25) is 9.69 Å². The lowest BCUT2D eigenvalue weighted by Crippen LogP contribution is -2.51. The molecule has 4 N–H and O–H groups in total. The quantitative estimate of drug-likeness (QED) is 0.735. The van der Waals surface area contributed by atoms with Gasteiger partial charge >= 0.3 is 0 Å². The van der Waals surface area contributed by atoms with Crippen LogP contribution in [0.2, 0.25) is 0 Å². The van der Waals surface area contributed by atoms with Gasteiger partial charge in [0, 0.05) is 18.1 Å². The van der Waals surface area contributed by atoms with Crippen molar-refractivity contribution in [3.05, 3.63) is 0 Å². The molecule has 2 saturated carbocycles. The van der Waals surface area contributed by atoms with Gasteiger partial charge in [-0.15, -0.1) is 0 Å². The molecule has 2 fully saturated rings. The van der Waals surface area contributed by atoms with E-state index in [0.29, 0.717) is 18.6 Å². The first-order valence-electron chi connectivity index (χ1n) is 6.48. The predicted octanol–water partition coefficient (Wildman–Crippen LogP) is 0.596. The monoisotopic (exact) mass is 225 g/mol. The molecule has 4 nitrogen and oxygen atoms in total. The Morgan fingerprint density at radius 2 is 1.81 bits per heavy atom.